The molecular weight excluding hydrogens is 503 g/mol. The van der Waals surface area contributed by atoms with Gasteiger partial charge in [0.1, 0.15) is 17.0 Å². The Labute approximate surface area is 231 Å². The van der Waals surface area contributed by atoms with E-state index in [4.69, 9.17) is 4.98 Å². The van der Waals surface area contributed by atoms with Gasteiger partial charge >= 0.3 is 0 Å². The van der Waals surface area contributed by atoms with E-state index < -0.39 is 0 Å². The zero-order valence-corrected chi connectivity index (χ0v) is 22.7. The van der Waals surface area contributed by atoms with Crippen LogP contribution in [0.15, 0.2) is 61.5 Å². The molecule has 0 spiro atoms. The summed E-state index contributed by atoms with van der Waals surface area (Å²) in [6.45, 7) is 6.69. The first-order valence-electron chi connectivity index (χ1n) is 13.6. The Hall–Kier alpha value is -4.50. The summed E-state index contributed by atoms with van der Waals surface area (Å²) in [6.07, 6.45) is 17.9. The minimum absolute atomic E-state index is 0.354. The number of piperidine rings is 1. The Balaban J connectivity index is 1.44. The van der Waals surface area contributed by atoms with Crippen molar-refractivity contribution in [2.24, 2.45) is 0 Å². The lowest BCUT2D eigenvalue weighted by atomic mass is 10.0. The number of rotatable bonds is 6. The number of imidazole rings is 1. The third-order valence-electron chi connectivity index (χ3n) is 7.38. The number of hydrogen-bond acceptors (Lipinski definition) is 6. The fraction of sp³-hybridized carbons (Fsp3) is 0.258. The maximum absolute atomic E-state index is 16.6. The van der Waals surface area contributed by atoms with Crippen molar-refractivity contribution < 1.29 is 4.39 Å². The van der Waals surface area contributed by atoms with Crippen LogP contribution in [0.3, 0.4) is 0 Å². The van der Waals surface area contributed by atoms with Crippen LogP contribution in [-0.4, -0.2) is 53.1 Å². The number of H-pyrrole nitrogens is 2. The summed E-state index contributed by atoms with van der Waals surface area (Å²) in [4.78, 5) is 23.7. The minimum atomic E-state index is -0.387. The first-order valence-corrected chi connectivity index (χ1v) is 13.6. The molecular formula is C31H31FN8. The maximum Gasteiger partial charge on any atom is 0.159 e. The van der Waals surface area contributed by atoms with Crippen molar-refractivity contribution in [3.63, 3.8) is 0 Å². The molecule has 5 aromatic rings. The molecule has 1 aliphatic rings. The van der Waals surface area contributed by atoms with Gasteiger partial charge in [0, 0.05) is 59.8 Å². The summed E-state index contributed by atoms with van der Waals surface area (Å²) >= 11 is 0. The van der Waals surface area contributed by atoms with Gasteiger partial charge < -0.3 is 4.98 Å². The SMILES string of the molecule is C/C=C(/C(F)=c1/c(-c2nc3c(-c4cccnc4)cncc3[nH]2)n[nH]/c1=C/C)c1cncc(CN2CCCCC2)c1. The Morgan fingerprint density at radius 2 is 1.88 bits per heavy atom. The summed E-state index contributed by atoms with van der Waals surface area (Å²) in [7, 11) is 0. The summed E-state index contributed by atoms with van der Waals surface area (Å²) in [6, 6.07) is 5.87. The van der Waals surface area contributed by atoms with Crippen molar-refractivity contribution in [1.82, 2.24) is 40.0 Å². The first kappa shape index (κ1) is 25.8. The smallest absolute Gasteiger partial charge is 0.159 e. The van der Waals surface area contributed by atoms with Gasteiger partial charge in [0.2, 0.25) is 0 Å². The summed E-state index contributed by atoms with van der Waals surface area (Å²) in [5.74, 6) is 0.0670. The molecule has 0 aromatic carbocycles. The number of hydrogen-bond donors (Lipinski definition) is 2. The van der Waals surface area contributed by atoms with E-state index in [0.29, 0.717) is 27.7 Å². The van der Waals surface area contributed by atoms with E-state index in [2.05, 4.69) is 35.0 Å². The Morgan fingerprint density at radius 1 is 1.02 bits per heavy atom. The molecule has 0 amide bonds. The third kappa shape index (κ3) is 4.96. The van der Waals surface area contributed by atoms with E-state index in [-0.39, 0.29) is 5.83 Å². The molecule has 1 aliphatic heterocycles. The van der Waals surface area contributed by atoms with Crippen LogP contribution in [0.4, 0.5) is 4.39 Å². The van der Waals surface area contributed by atoms with Crippen LogP contribution in [0.2, 0.25) is 0 Å². The van der Waals surface area contributed by atoms with Crippen LogP contribution >= 0.6 is 0 Å². The summed E-state index contributed by atoms with van der Waals surface area (Å²) in [5.41, 5.74) is 5.86. The number of likely N-dealkylation sites (tertiary alicyclic amines) is 1. The molecule has 8 nitrogen and oxygen atoms in total. The van der Waals surface area contributed by atoms with E-state index in [1.165, 1.54) is 19.3 Å². The number of allylic oxidation sites excluding steroid dienone is 2. The van der Waals surface area contributed by atoms with E-state index in [9.17, 15) is 0 Å². The molecule has 1 saturated heterocycles. The van der Waals surface area contributed by atoms with Crippen molar-refractivity contribution in [3.8, 4) is 22.6 Å². The Morgan fingerprint density at radius 3 is 2.65 bits per heavy atom. The third-order valence-corrected chi connectivity index (χ3v) is 7.38. The monoisotopic (exact) mass is 534 g/mol. The van der Waals surface area contributed by atoms with Crippen LogP contribution in [-0.2, 0) is 6.54 Å². The van der Waals surface area contributed by atoms with E-state index in [0.717, 1.165) is 52.9 Å². The van der Waals surface area contributed by atoms with Crippen molar-refractivity contribution in [2.75, 3.05) is 13.1 Å². The average Bonchev–Trinajstić information content (AvgIpc) is 3.63. The second-order valence-corrected chi connectivity index (χ2v) is 9.99. The molecule has 6 rings (SSSR count). The zero-order valence-electron chi connectivity index (χ0n) is 22.7. The van der Waals surface area contributed by atoms with Gasteiger partial charge in [0.15, 0.2) is 5.82 Å². The predicted molar refractivity (Wildman–Crippen MR) is 156 cm³/mol. The molecule has 202 valence electrons. The number of aromatic amines is 2. The number of nitrogens with zero attached hydrogens (tertiary/aromatic N) is 6. The van der Waals surface area contributed by atoms with Gasteiger partial charge in [0.05, 0.1) is 22.3 Å². The molecule has 0 atom stereocenters. The lowest BCUT2D eigenvalue weighted by Crippen LogP contribution is -2.29. The summed E-state index contributed by atoms with van der Waals surface area (Å²) < 4.78 is 16.6. The number of aromatic nitrogens is 7. The number of pyridine rings is 3. The highest BCUT2D eigenvalue weighted by molar-refractivity contribution is 5.96. The predicted octanol–water partition coefficient (Wildman–Crippen LogP) is 4.77. The molecule has 0 aliphatic carbocycles. The van der Waals surface area contributed by atoms with E-state index >= 15 is 4.39 Å². The standard InChI is InChI=1S/C31H31FN8/c1-3-23(22-13-20(14-34-16-22)19-40-11-6-5-7-12-40)28(32)27-25(4-2)38-39-30(27)31-36-26-18-35-17-24(29(26)37-31)21-9-8-10-33-15-21/h3-4,8-10,13-18,38H,5-7,11-12,19H2,1-2H3,(H,36,37)/b23-3+,25-4+,28-27-. The largest absolute Gasteiger partial charge is 0.335 e. The minimum Gasteiger partial charge on any atom is -0.335 e. The average molecular weight is 535 g/mol. The van der Waals surface area contributed by atoms with Crippen LogP contribution in [0.1, 0.15) is 44.2 Å². The molecule has 0 unspecified atom stereocenters. The van der Waals surface area contributed by atoms with Gasteiger partial charge in [-0.1, -0.05) is 24.6 Å². The highest BCUT2D eigenvalue weighted by atomic mass is 19.1. The lowest BCUT2D eigenvalue weighted by Gasteiger charge is -2.26. The van der Waals surface area contributed by atoms with Gasteiger partial charge in [-0.3, -0.25) is 25.0 Å². The van der Waals surface area contributed by atoms with Gasteiger partial charge in [-0.2, -0.15) is 5.10 Å². The lowest BCUT2D eigenvalue weighted by molar-refractivity contribution is 0.220. The molecule has 5 aromatic heterocycles. The van der Waals surface area contributed by atoms with Crippen LogP contribution in [0.5, 0.6) is 0 Å². The van der Waals surface area contributed by atoms with Gasteiger partial charge in [-0.25, -0.2) is 9.37 Å². The van der Waals surface area contributed by atoms with Crippen molar-refractivity contribution in [3.05, 3.63) is 83.2 Å². The van der Waals surface area contributed by atoms with Gasteiger partial charge in [-0.15, -0.1) is 0 Å². The van der Waals surface area contributed by atoms with Crippen molar-refractivity contribution >= 4 is 28.5 Å². The zero-order chi connectivity index (χ0) is 27.5. The normalized spacial score (nSPS) is 16.1. The van der Waals surface area contributed by atoms with Crippen molar-refractivity contribution in [1.29, 1.82) is 0 Å². The number of fused-ring (bicyclic) bond motifs is 1. The second kappa shape index (κ2) is 11.3. The maximum atomic E-state index is 16.6. The number of nitrogens with one attached hydrogen (secondary N) is 2. The second-order valence-electron chi connectivity index (χ2n) is 9.99. The molecule has 2 N–H and O–H groups in total. The van der Waals surface area contributed by atoms with E-state index in [1.807, 2.05) is 44.3 Å². The number of halogens is 1. The summed E-state index contributed by atoms with van der Waals surface area (Å²) in [5, 5.41) is 8.41. The molecule has 0 saturated carbocycles. The Kier molecular flexibility index (Phi) is 7.29. The van der Waals surface area contributed by atoms with Crippen LogP contribution < -0.4 is 10.6 Å². The van der Waals surface area contributed by atoms with Crippen LogP contribution in [0, 0.1) is 0 Å². The molecule has 0 bridgehead atoms. The van der Waals surface area contributed by atoms with Crippen LogP contribution in [0.25, 0.3) is 51.2 Å². The molecule has 1 fully saturated rings. The van der Waals surface area contributed by atoms with Gasteiger partial charge in [-0.05, 0) is 57.5 Å². The van der Waals surface area contributed by atoms with Crippen molar-refractivity contribution in [2.45, 2.75) is 39.7 Å². The molecule has 0 radical (unpaired) electrons. The highest BCUT2D eigenvalue weighted by Gasteiger charge is 2.19. The highest BCUT2D eigenvalue weighted by Crippen LogP contribution is 2.29. The fourth-order valence-electron chi connectivity index (χ4n) is 5.39. The molecule has 9 heteroatoms. The fourth-order valence-corrected chi connectivity index (χ4v) is 5.39. The van der Waals surface area contributed by atoms with E-state index in [1.54, 1.807) is 37.1 Å². The van der Waals surface area contributed by atoms with Gasteiger partial charge in [0.25, 0.3) is 0 Å². The first-order chi connectivity index (χ1) is 19.7. The Bertz CT molecular complexity index is 1800. The topological polar surface area (TPSA) is 99.3 Å². The quantitative estimate of drug-likeness (QED) is 0.326. The molecule has 6 heterocycles. The molecule has 40 heavy (non-hydrogen) atoms.